The van der Waals surface area contributed by atoms with E-state index < -0.39 is 21.3 Å². The summed E-state index contributed by atoms with van der Waals surface area (Å²) in [5, 5.41) is 9.12. The lowest BCUT2D eigenvalue weighted by molar-refractivity contribution is -0.142. The van der Waals surface area contributed by atoms with Gasteiger partial charge in [0.25, 0.3) is 0 Å². The Morgan fingerprint density at radius 1 is 1.22 bits per heavy atom. The Hall–Kier alpha value is -1.56. The van der Waals surface area contributed by atoms with Crippen molar-refractivity contribution >= 4 is 21.5 Å². The van der Waals surface area contributed by atoms with Crippen LogP contribution in [0.5, 0.6) is 0 Å². The van der Waals surface area contributed by atoms with Crippen LogP contribution in [0, 0.1) is 0 Å². The molecule has 0 saturated carbocycles. The molecule has 6 heteroatoms. The quantitative estimate of drug-likeness (QED) is 0.895. The maximum atomic E-state index is 11.3. The molecule has 0 spiro atoms. The van der Waals surface area contributed by atoms with E-state index in [4.69, 9.17) is 5.11 Å². The lowest BCUT2D eigenvalue weighted by Gasteiger charge is -2.33. The van der Waals surface area contributed by atoms with Gasteiger partial charge >= 0.3 is 5.97 Å². The summed E-state index contributed by atoms with van der Waals surface area (Å²) in [7, 11) is -1.58. The number of carboxylic acids is 1. The van der Waals surface area contributed by atoms with Gasteiger partial charge in [-0.1, -0.05) is 0 Å². The molecule has 0 bridgehead atoms. The van der Waals surface area contributed by atoms with Crippen molar-refractivity contribution in [3.05, 3.63) is 24.3 Å². The van der Waals surface area contributed by atoms with Gasteiger partial charge in [-0.3, -0.25) is 0 Å². The van der Waals surface area contributed by atoms with Gasteiger partial charge in [0.1, 0.15) is 5.54 Å². The Labute approximate surface area is 107 Å². The number of carboxylic acid groups (broad SMARTS) is 1. The van der Waals surface area contributed by atoms with Gasteiger partial charge < -0.3 is 10.0 Å². The predicted molar refractivity (Wildman–Crippen MR) is 69.7 cm³/mol. The molecule has 0 aliphatic carbocycles. The Morgan fingerprint density at radius 2 is 1.67 bits per heavy atom. The van der Waals surface area contributed by atoms with Crippen LogP contribution in [0.2, 0.25) is 0 Å². The number of hydrogen-bond acceptors (Lipinski definition) is 4. The molecule has 0 radical (unpaired) electrons. The summed E-state index contributed by atoms with van der Waals surface area (Å²) in [6.07, 6.45) is 1.13. The molecule has 18 heavy (non-hydrogen) atoms. The lowest BCUT2D eigenvalue weighted by atomic mass is 10.0. The number of rotatable bonds is 4. The highest BCUT2D eigenvalue weighted by Crippen LogP contribution is 2.23. The minimum absolute atomic E-state index is 0.216. The SMILES string of the molecule is CN(c1ccc(S(C)(=O)=O)cc1)C(C)(C)C(=O)O. The summed E-state index contributed by atoms with van der Waals surface area (Å²) in [5.74, 6) is -0.947. The number of hydrogen-bond donors (Lipinski definition) is 1. The van der Waals surface area contributed by atoms with Crippen LogP contribution in [0.1, 0.15) is 13.8 Å². The first-order chi connectivity index (χ1) is 8.06. The topological polar surface area (TPSA) is 74.7 Å². The third kappa shape index (κ3) is 2.81. The number of sulfone groups is 1. The molecule has 100 valence electrons. The van der Waals surface area contributed by atoms with Crippen molar-refractivity contribution < 1.29 is 18.3 Å². The normalized spacial score (nSPS) is 12.2. The van der Waals surface area contributed by atoms with E-state index in [-0.39, 0.29) is 4.90 Å². The van der Waals surface area contributed by atoms with Crippen molar-refractivity contribution in [2.45, 2.75) is 24.3 Å². The molecular weight excluding hydrogens is 254 g/mol. The number of anilines is 1. The molecule has 1 rings (SSSR count). The molecule has 5 nitrogen and oxygen atoms in total. The third-order valence-corrected chi connectivity index (χ3v) is 4.14. The fourth-order valence-electron chi connectivity index (χ4n) is 1.38. The number of aliphatic carboxylic acids is 1. The van der Waals surface area contributed by atoms with Crippen LogP contribution in [0.15, 0.2) is 29.2 Å². The highest BCUT2D eigenvalue weighted by Gasteiger charge is 2.32. The van der Waals surface area contributed by atoms with Crippen LogP contribution in [-0.4, -0.2) is 38.3 Å². The van der Waals surface area contributed by atoms with E-state index in [1.807, 2.05) is 0 Å². The van der Waals surface area contributed by atoms with Gasteiger partial charge in [0.15, 0.2) is 9.84 Å². The molecule has 0 aliphatic rings. The predicted octanol–water partition coefficient (Wildman–Crippen LogP) is 1.39. The fraction of sp³-hybridized carbons (Fsp3) is 0.417. The molecule has 0 aromatic heterocycles. The summed E-state index contributed by atoms with van der Waals surface area (Å²) in [6.45, 7) is 3.17. The molecule has 0 saturated heterocycles. The molecule has 1 aromatic carbocycles. The van der Waals surface area contributed by atoms with Crippen LogP contribution in [0.25, 0.3) is 0 Å². The van der Waals surface area contributed by atoms with Gasteiger partial charge in [-0.05, 0) is 38.1 Å². The molecule has 1 N–H and O–H groups in total. The van der Waals surface area contributed by atoms with Crippen molar-refractivity contribution in [2.24, 2.45) is 0 Å². The van der Waals surface area contributed by atoms with Gasteiger partial charge in [0.2, 0.25) is 0 Å². The van der Waals surface area contributed by atoms with E-state index in [1.54, 1.807) is 37.9 Å². The second kappa shape index (κ2) is 4.61. The van der Waals surface area contributed by atoms with Crippen molar-refractivity contribution in [3.8, 4) is 0 Å². The van der Waals surface area contributed by atoms with E-state index in [0.29, 0.717) is 5.69 Å². The van der Waals surface area contributed by atoms with Gasteiger partial charge in [0, 0.05) is 19.0 Å². The van der Waals surface area contributed by atoms with E-state index in [2.05, 4.69) is 0 Å². The number of carbonyl (C=O) groups is 1. The zero-order valence-electron chi connectivity index (χ0n) is 10.8. The standard InChI is InChI=1S/C12H17NO4S/c1-12(2,11(14)15)13(3)9-5-7-10(8-6-9)18(4,16)17/h5-8H,1-4H3,(H,14,15). The minimum atomic E-state index is -3.23. The van der Waals surface area contributed by atoms with Crippen molar-refractivity contribution in [1.82, 2.24) is 0 Å². The Kier molecular flexibility index (Phi) is 3.71. The van der Waals surface area contributed by atoms with Gasteiger partial charge in [0.05, 0.1) is 4.90 Å². The molecule has 0 atom stereocenters. The Morgan fingerprint density at radius 3 is 2.00 bits per heavy atom. The highest BCUT2D eigenvalue weighted by molar-refractivity contribution is 7.90. The number of likely N-dealkylation sites (N-methyl/N-ethyl adjacent to an activating group) is 1. The first-order valence-corrected chi connectivity index (χ1v) is 7.23. The monoisotopic (exact) mass is 271 g/mol. The third-order valence-electron chi connectivity index (χ3n) is 3.01. The van der Waals surface area contributed by atoms with Crippen molar-refractivity contribution in [2.75, 3.05) is 18.2 Å². The van der Waals surface area contributed by atoms with Crippen LogP contribution in [0.3, 0.4) is 0 Å². The second-order valence-electron chi connectivity index (χ2n) is 4.69. The Balaban J connectivity index is 3.10. The number of benzene rings is 1. The summed E-state index contributed by atoms with van der Waals surface area (Å²) in [6, 6.07) is 6.14. The average Bonchev–Trinajstić information content (AvgIpc) is 2.26. The van der Waals surface area contributed by atoms with E-state index in [1.165, 1.54) is 12.1 Å². The summed E-state index contributed by atoms with van der Waals surface area (Å²) in [5.41, 5.74) is -0.415. The molecule has 1 aromatic rings. The fourth-order valence-corrected chi connectivity index (χ4v) is 2.01. The summed E-state index contributed by atoms with van der Waals surface area (Å²) >= 11 is 0. The van der Waals surface area contributed by atoms with E-state index in [0.717, 1.165) is 6.26 Å². The van der Waals surface area contributed by atoms with Gasteiger partial charge in [-0.2, -0.15) is 0 Å². The van der Waals surface area contributed by atoms with E-state index in [9.17, 15) is 13.2 Å². The number of nitrogens with zero attached hydrogens (tertiary/aromatic N) is 1. The van der Waals surface area contributed by atoms with Crippen LogP contribution in [-0.2, 0) is 14.6 Å². The zero-order chi connectivity index (χ0) is 14.1. The first-order valence-electron chi connectivity index (χ1n) is 5.34. The van der Waals surface area contributed by atoms with Crippen molar-refractivity contribution in [3.63, 3.8) is 0 Å². The molecule has 0 heterocycles. The Bertz CT molecular complexity index is 546. The van der Waals surface area contributed by atoms with Crippen LogP contribution < -0.4 is 4.90 Å². The second-order valence-corrected chi connectivity index (χ2v) is 6.70. The summed E-state index contributed by atoms with van der Waals surface area (Å²) < 4.78 is 22.6. The van der Waals surface area contributed by atoms with Gasteiger partial charge in [-0.15, -0.1) is 0 Å². The molecule has 0 unspecified atom stereocenters. The van der Waals surface area contributed by atoms with E-state index >= 15 is 0 Å². The highest BCUT2D eigenvalue weighted by atomic mass is 32.2. The van der Waals surface area contributed by atoms with Gasteiger partial charge in [-0.25, -0.2) is 13.2 Å². The first kappa shape index (κ1) is 14.5. The minimum Gasteiger partial charge on any atom is -0.480 e. The smallest absolute Gasteiger partial charge is 0.328 e. The molecule has 0 amide bonds. The lowest BCUT2D eigenvalue weighted by Crippen LogP contribution is -2.48. The summed E-state index contributed by atoms with van der Waals surface area (Å²) in [4.78, 5) is 12.9. The molecular formula is C12H17NO4S. The molecule has 0 aliphatic heterocycles. The molecule has 0 fully saturated rings. The maximum absolute atomic E-state index is 11.3. The van der Waals surface area contributed by atoms with Crippen LogP contribution in [0.4, 0.5) is 5.69 Å². The zero-order valence-corrected chi connectivity index (χ0v) is 11.7. The maximum Gasteiger partial charge on any atom is 0.328 e. The average molecular weight is 271 g/mol. The largest absolute Gasteiger partial charge is 0.480 e. The van der Waals surface area contributed by atoms with Crippen molar-refractivity contribution in [1.29, 1.82) is 0 Å². The van der Waals surface area contributed by atoms with Crippen LogP contribution >= 0.6 is 0 Å².